The number of aliphatic hydroxyl groups is 1. The fraction of sp³-hybridized carbons (Fsp3) is 0.300. The molecule has 2 rings (SSSR count). The van der Waals surface area contributed by atoms with Crippen LogP contribution < -0.4 is 5.32 Å². The first kappa shape index (κ1) is 16.3. The van der Waals surface area contributed by atoms with Gasteiger partial charge >= 0.3 is 0 Å². The van der Waals surface area contributed by atoms with E-state index in [9.17, 15) is 0 Å². The maximum atomic E-state index is 9.11. The standard InChI is InChI=1S/C20H23NO/c1-20(2,16-22)13-6-3-7-14-21-15-18-11-8-10-17-9-4-5-12-19(17)18/h3-5,7-12,21-22H,14-16H2,1-2H3/b7-3+. The molecule has 2 heteroatoms. The van der Waals surface area contributed by atoms with E-state index in [-0.39, 0.29) is 12.0 Å². The quantitative estimate of drug-likeness (QED) is 0.653. The highest BCUT2D eigenvalue weighted by Crippen LogP contribution is 2.18. The number of fused-ring (bicyclic) bond motifs is 1. The minimum atomic E-state index is -0.333. The Morgan fingerprint density at radius 2 is 1.91 bits per heavy atom. The Hall–Kier alpha value is -2.08. The Bertz CT molecular complexity index is 699. The van der Waals surface area contributed by atoms with Crippen LogP contribution in [0, 0.1) is 17.3 Å². The van der Waals surface area contributed by atoms with E-state index in [0.717, 1.165) is 13.1 Å². The lowest BCUT2D eigenvalue weighted by Gasteiger charge is -2.11. The minimum absolute atomic E-state index is 0.0766. The van der Waals surface area contributed by atoms with Crippen molar-refractivity contribution in [1.29, 1.82) is 0 Å². The average Bonchev–Trinajstić information content (AvgIpc) is 2.54. The maximum absolute atomic E-state index is 9.11. The van der Waals surface area contributed by atoms with E-state index in [2.05, 4.69) is 59.6 Å². The predicted octanol–water partition coefficient (Wildman–Crippen LogP) is 3.51. The van der Waals surface area contributed by atoms with Gasteiger partial charge in [-0.05, 0) is 36.3 Å². The highest BCUT2D eigenvalue weighted by molar-refractivity contribution is 5.85. The lowest BCUT2D eigenvalue weighted by Crippen LogP contribution is -2.13. The summed E-state index contributed by atoms with van der Waals surface area (Å²) in [5.74, 6) is 6.00. The van der Waals surface area contributed by atoms with Gasteiger partial charge in [-0.15, -0.1) is 0 Å². The van der Waals surface area contributed by atoms with Crippen molar-refractivity contribution in [2.45, 2.75) is 20.4 Å². The third-order valence-corrected chi connectivity index (χ3v) is 3.46. The van der Waals surface area contributed by atoms with Crippen LogP contribution in [0.4, 0.5) is 0 Å². The molecule has 0 unspecified atom stereocenters. The molecule has 2 nitrogen and oxygen atoms in total. The van der Waals surface area contributed by atoms with Gasteiger partial charge in [-0.2, -0.15) is 0 Å². The normalized spacial score (nSPS) is 11.6. The van der Waals surface area contributed by atoms with Crippen LogP contribution >= 0.6 is 0 Å². The van der Waals surface area contributed by atoms with Gasteiger partial charge in [0.25, 0.3) is 0 Å². The Kier molecular flexibility index (Phi) is 5.77. The Morgan fingerprint density at radius 1 is 1.14 bits per heavy atom. The molecule has 2 N–H and O–H groups in total. The Labute approximate surface area is 132 Å². The first-order valence-electron chi connectivity index (χ1n) is 7.58. The van der Waals surface area contributed by atoms with Crippen molar-refractivity contribution >= 4 is 10.8 Å². The smallest absolute Gasteiger partial charge is 0.0591 e. The lowest BCUT2D eigenvalue weighted by molar-refractivity contribution is 0.207. The first-order chi connectivity index (χ1) is 10.6. The van der Waals surface area contributed by atoms with Gasteiger partial charge in [0, 0.05) is 18.5 Å². The van der Waals surface area contributed by atoms with Gasteiger partial charge in [0.1, 0.15) is 0 Å². The zero-order valence-corrected chi connectivity index (χ0v) is 13.3. The topological polar surface area (TPSA) is 32.3 Å². The molecule has 114 valence electrons. The molecule has 0 spiro atoms. The van der Waals surface area contributed by atoms with Crippen molar-refractivity contribution in [1.82, 2.24) is 5.32 Å². The number of benzene rings is 2. The van der Waals surface area contributed by atoms with Crippen LogP contribution in [0.3, 0.4) is 0 Å². The molecule has 22 heavy (non-hydrogen) atoms. The van der Waals surface area contributed by atoms with Crippen LogP contribution in [-0.4, -0.2) is 18.3 Å². The van der Waals surface area contributed by atoms with Crippen molar-refractivity contribution in [2.24, 2.45) is 5.41 Å². The highest BCUT2D eigenvalue weighted by Gasteiger charge is 2.10. The van der Waals surface area contributed by atoms with Crippen LogP contribution in [0.15, 0.2) is 54.6 Å². The van der Waals surface area contributed by atoms with E-state index in [1.807, 2.05) is 26.0 Å². The molecule has 0 aliphatic heterocycles. The molecule has 0 saturated heterocycles. The van der Waals surface area contributed by atoms with Crippen molar-refractivity contribution < 1.29 is 5.11 Å². The monoisotopic (exact) mass is 293 g/mol. The lowest BCUT2D eigenvalue weighted by atomic mass is 9.96. The average molecular weight is 293 g/mol. The van der Waals surface area contributed by atoms with Gasteiger partial charge < -0.3 is 10.4 Å². The van der Waals surface area contributed by atoms with E-state index in [0.29, 0.717) is 0 Å². The van der Waals surface area contributed by atoms with Crippen molar-refractivity contribution in [3.8, 4) is 11.8 Å². The fourth-order valence-corrected chi connectivity index (χ4v) is 2.13. The van der Waals surface area contributed by atoms with Gasteiger partial charge in [-0.3, -0.25) is 0 Å². The molecule has 0 fully saturated rings. The third kappa shape index (κ3) is 4.73. The van der Waals surface area contributed by atoms with Gasteiger partial charge in [0.05, 0.1) is 6.61 Å². The van der Waals surface area contributed by atoms with E-state index in [1.54, 1.807) is 0 Å². The van der Waals surface area contributed by atoms with Crippen LogP contribution in [0.2, 0.25) is 0 Å². The summed E-state index contributed by atoms with van der Waals surface area (Å²) in [6.45, 7) is 5.53. The summed E-state index contributed by atoms with van der Waals surface area (Å²) in [7, 11) is 0. The number of aliphatic hydroxyl groups excluding tert-OH is 1. The molecule has 0 atom stereocenters. The number of rotatable bonds is 5. The van der Waals surface area contributed by atoms with Crippen molar-refractivity contribution in [3.63, 3.8) is 0 Å². The van der Waals surface area contributed by atoms with Gasteiger partial charge in [-0.25, -0.2) is 0 Å². The fourth-order valence-electron chi connectivity index (χ4n) is 2.13. The highest BCUT2D eigenvalue weighted by atomic mass is 16.3. The summed E-state index contributed by atoms with van der Waals surface area (Å²) >= 11 is 0. The summed E-state index contributed by atoms with van der Waals surface area (Å²) in [6.07, 6.45) is 3.85. The van der Waals surface area contributed by atoms with Crippen molar-refractivity contribution in [2.75, 3.05) is 13.2 Å². The molecule has 0 bridgehead atoms. The molecule has 0 amide bonds. The second kappa shape index (κ2) is 7.79. The summed E-state index contributed by atoms with van der Waals surface area (Å²) in [5.41, 5.74) is 0.972. The Morgan fingerprint density at radius 3 is 2.73 bits per heavy atom. The van der Waals surface area contributed by atoms with Crippen molar-refractivity contribution in [3.05, 3.63) is 60.2 Å². The number of nitrogens with one attached hydrogen (secondary N) is 1. The largest absolute Gasteiger partial charge is 0.395 e. The number of hydrogen-bond donors (Lipinski definition) is 2. The van der Waals surface area contributed by atoms with E-state index >= 15 is 0 Å². The molecular formula is C20H23NO. The first-order valence-corrected chi connectivity index (χ1v) is 7.58. The predicted molar refractivity (Wildman–Crippen MR) is 93.4 cm³/mol. The molecule has 0 aromatic heterocycles. The minimum Gasteiger partial charge on any atom is -0.395 e. The summed E-state index contributed by atoms with van der Waals surface area (Å²) in [4.78, 5) is 0. The van der Waals surface area contributed by atoms with Crippen LogP contribution in [0.5, 0.6) is 0 Å². The maximum Gasteiger partial charge on any atom is 0.0591 e. The SMILES string of the molecule is CC(C)(C#C/C=C/CNCc1cccc2ccccc12)CO. The summed E-state index contributed by atoms with van der Waals surface area (Å²) < 4.78 is 0. The van der Waals surface area contributed by atoms with Gasteiger partial charge in [0.15, 0.2) is 0 Å². The Balaban J connectivity index is 1.86. The molecule has 0 aliphatic carbocycles. The molecule has 0 saturated carbocycles. The van der Waals surface area contributed by atoms with Gasteiger partial charge in [0.2, 0.25) is 0 Å². The van der Waals surface area contributed by atoms with E-state index in [1.165, 1.54) is 16.3 Å². The number of hydrogen-bond acceptors (Lipinski definition) is 2. The van der Waals surface area contributed by atoms with Gasteiger partial charge in [-0.1, -0.05) is 60.4 Å². The second-order valence-electron chi connectivity index (χ2n) is 5.98. The molecule has 0 heterocycles. The zero-order valence-electron chi connectivity index (χ0n) is 13.3. The molecule has 0 radical (unpaired) electrons. The molecular weight excluding hydrogens is 270 g/mol. The van der Waals surface area contributed by atoms with E-state index < -0.39 is 0 Å². The van der Waals surface area contributed by atoms with Crippen LogP contribution in [0.25, 0.3) is 10.8 Å². The van der Waals surface area contributed by atoms with Crippen LogP contribution in [-0.2, 0) is 6.54 Å². The summed E-state index contributed by atoms with van der Waals surface area (Å²) in [6, 6.07) is 14.8. The van der Waals surface area contributed by atoms with Crippen LogP contribution in [0.1, 0.15) is 19.4 Å². The molecule has 0 aliphatic rings. The summed E-state index contributed by atoms with van der Waals surface area (Å²) in [5, 5.41) is 15.1. The molecule has 2 aromatic carbocycles. The van der Waals surface area contributed by atoms with E-state index in [4.69, 9.17) is 5.11 Å². The number of allylic oxidation sites excluding steroid dienone is 1. The molecule has 2 aromatic rings. The second-order valence-corrected chi connectivity index (χ2v) is 5.98. The third-order valence-electron chi connectivity index (χ3n) is 3.46. The zero-order chi connectivity index (χ0) is 15.8.